The quantitative estimate of drug-likeness (QED) is 0.841. The average molecular weight is 219 g/mol. The van der Waals surface area contributed by atoms with E-state index in [0.717, 1.165) is 11.3 Å². The van der Waals surface area contributed by atoms with Crippen LogP contribution in [0.4, 0.5) is 5.82 Å². The maximum absolute atomic E-state index is 9.07. The number of hydrogen-bond donors (Lipinski definition) is 1. The van der Waals surface area contributed by atoms with Crippen molar-refractivity contribution in [2.75, 3.05) is 19.0 Å². The lowest BCUT2D eigenvalue weighted by molar-refractivity contribution is 0.190. The van der Waals surface area contributed by atoms with E-state index in [-0.39, 0.29) is 6.04 Å². The first-order chi connectivity index (χ1) is 7.58. The molecular weight excluding hydrogens is 202 g/mol. The molecule has 1 aromatic rings. The van der Waals surface area contributed by atoms with Crippen molar-refractivity contribution in [2.45, 2.75) is 26.8 Å². The summed E-state index contributed by atoms with van der Waals surface area (Å²) in [6.45, 7) is 6.41. The van der Waals surface area contributed by atoms with Crippen molar-refractivity contribution < 1.29 is 4.74 Å². The highest BCUT2D eigenvalue weighted by molar-refractivity contribution is 5.56. The van der Waals surface area contributed by atoms with Gasteiger partial charge in [-0.15, -0.1) is 0 Å². The molecule has 16 heavy (non-hydrogen) atoms. The van der Waals surface area contributed by atoms with Gasteiger partial charge in [0.05, 0.1) is 12.2 Å². The second kappa shape index (κ2) is 5.47. The zero-order valence-electron chi connectivity index (χ0n) is 10.2. The van der Waals surface area contributed by atoms with Crippen LogP contribution in [0.25, 0.3) is 0 Å². The number of nitrogens with zero attached hydrogens (tertiary/aromatic N) is 2. The van der Waals surface area contributed by atoms with Gasteiger partial charge in [0.1, 0.15) is 11.9 Å². The summed E-state index contributed by atoms with van der Waals surface area (Å²) in [6.07, 6.45) is 0. The number of aryl methyl sites for hydroxylation is 2. The van der Waals surface area contributed by atoms with Crippen molar-refractivity contribution in [1.82, 2.24) is 4.98 Å². The largest absolute Gasteiger partial charge is 0.383 e. The standard InChI is InChI=1S/C12H17N3O/c1-8-5-9(2)14-12(11(8)6-13)15-10(3)7-16-4/h5,10H,7H2,1-4H3,(H,14,15). The summed E-state index contributed by atoms with van der Waals surface area (Å²) in [5.41, 5.74) is 2.46. The Bertz CT molecular complexity index is 409. The van der Waals surface area contributed by atoms with Gasteiger partial charge >= 0.3 is 0 Å². The molecule has 0 bridgehead atoms. The van der Waals surface area contributed by atoms with Gasteiger partial charge in [0.2, 0.25) is 0 Å². The Morgan fingerprint density at radius 1 is 1.56 bits per heavy atom. The molecule has 0 radical (unpaired) electrons. The number of rotatable bonds is 4. The molecule has 0 aliphatic heterocycles. The first-order valence-electron chi connectivity index (χ1n) is 5.22. The van der Waals surface area contributed by atoms with E-state index in [1.165, 1.54) is 0 Å². The number of hydrogen-bond acceptors (Lipinski definition) is 4. The fourth-order valence-corrected chi connectivity index (χ4v) is 1.61. The number of ether oxygens (including phenoxy) is 1. The Labute approximate surface area is 96.3 Å². The fraction of sp³-hybridized carbons (Fsp3) is 0.500. The van der Waals surface area contributed by atoms with Gasteiger partial charge in [0.15, 0.2) is 0 Å². The van der Waals surface area contributed by atoms with Crippen LogP contribution in [-0.2, 0) is 4.74 Å². The minimum absolute atomic E-state index is 0.130. The van der Waals surface area contributed by atoms with Crippen LogP contribution in [0.2, 0.25) is 0 Å². The number of methoxy groups -OCH3 is 1. The number of pyridine rings is 1. The first-order valence-corrected chi connectivity index (χ1v) is 5.22. The predicted octanol–water partition coefficient (Wildman–Crippen LogP) is 2.02. The Balaban J connectivity index is 2.99. The van der Waals surface area contributed by atoms with E-state index in [1.807, 2.05) is 26.8 Å². The van der Waals surface area contributed by atoms with Crippen molar-refractivity contribution in [3.8, 4) is 6.07 Å². The molecule has 1 atom stereocenters. The Morgan fingerprint density at radius 3 is 2.81 bits per heavy atom. The molecule has 0 aliphatic rings. The predicted molar refractivity (Wildman–Crippen MR) is 63.4 cm³/mol. The molecule has 0 saturated heterocycles. The molecule has 0 aliphatic carbocycles. The van der Waals surface area contributed by atoms with Crippen molar-refractivity contribution in [1.29, 1.82) is 5.26 Å². The van der Waals surface area contributed by atoms with Gasteiger partial charge in [-0.3, -0.25) is 0 Å². The maximum atomic E-state index is 9.07. The van der Waals surface area contributed by atoms with Crippen LogP contribution in [0.3, 0.4) is 0 Å². The zero-order chi connectivity index (χ0) is 12.1. The Morgan fingerprint density at radius 2 is 2.25 bits per heavy atom. The first kappa shape index (κ1) is 12.5. The van der Waals surface area contributed by atoms with Crippen LogP contribution in [0.1, 0.15) is 23.7 Å². The summed E-state index contributed by atoms with van der Waals surface area (Å²) >= 11 is 0. The van der Waals surface area contributed by atoms with Crippen LogP contribution >= 0.6 is 0 Å². The van der Waals surface area contributed by atoms with E-state index in [9.17, 15) is 0 Å². The average Bonchev–Trinajstić information content (AvgIpc) is 2.17. The molecule has 86 valence electrons. The molecule has 4 heteroatoms. The van der Waals surface area contributed by atoms with Gasteiger partial charge in [-0.05, 0) is 32.4 Å². The van der Waals surface area contributed by atoms with Crippen molar-refractivity contribution >= 4 is 5.82 Å². The molecule has 4 nitrogen and oxygen atoms in total. The highest BCUT2D eigenvalue weighted by atomic mass is 16.5. The topological polar surface area (TPSA) is 57.9 Å². The number of anilines is 1. The molecule has 0 fully saturated rings. The van der Waals surface area contributed by atoms with Gasteiger partial charge in [-0.1, -0.05) is 0 Å². The maximum Gasteiger partial charge on any atom is 0.144 e. The fourth-order valence-electron chi connectivity index (χ4n) is 1.61. The Hall–Kier alpha value is -1.60. The van der Waals surface area contributed by atoms with E-state index in [4.69, 9.17) is 10.00 Å². The molecule has 0 aromatic carbocycles. The number of nitrogens with one attached hydrogen (secondary N) is 1. The van der Waals surface area contributed by atoms with Crippen molar-refractivity contribution in [3.05, 3.63) is 22.9 Å². The van der Waals surface area contributed by atoms with Crippen LogP contribution < -0.4 is 5.32 Å². The summed E-state index contributed by atoms with van der Waals surface area (Å²) in [6, 6.07) is 4.21. The van der Waals surface area contributed by atoms with Crippen LogP contribution in [-0.4, -0.2) is 24.7 Å². The monoisotopic (exact) mass is 219 g/mol. The molecule has 0 saturated carbocycles. The van der Waals surface area contributed by atoms with Gasteiger partial charge in [0.25, 0.3) is 0 Å². The lowest BCUT2D eigenvalue weighted by Crippen LogP contribution is -2.22. The lowest BCUT2D eigenvalue weighted by atomic mass is 10.1. The summed E-state index contributed by atoms with van der Waals surface area (Å²) in [5, 5.41) is 12.3. The Kier molecular flexibility index (Phi) is 4.27. The molecule has 0 spiro atoms. The van der Waals surface area contributed by atoms with E-state index in [2.05, 4.69) is 16.4 Å². The summed E-state index contributed by atoms with van der Waals surface area (Å²) in [4.78, 5) is 4.34. The number of aromatic nitrogens is 1. The van der Waals surface area contributed by atoms with E-state index in [0.29, 0.717) is 18.0 Å². The lowest BCUT2D eigenvalue weighted by Gasteiger charge is -2.15. The summed E-state index contributed by atoms with van der Waals surface area (Å²) in [7, 11) is 1.65. The van der Waals surface area contributed by atoms with Crippen LogP contribution in [0.5, 0.6) is 0 Å². The normalized spacial score (nSPS) is 11.9. The third-order valence-electron chi connectivity index (χ3n) is 2.26. The molecule has 0 amide bonds. The molecular formula is C12H17N3O. The van der Waals surface area contributed by atoms with Crippen molar-refractivity contribution in [2.24, 2.45) is 0 Å². The summed E-state index contributed by atoms with van der Waals surface area (Å²) < 4.78 is 5.04. The highest BCUT2D eigenvalue weighted by Crippen LogP contribution is 2.18. The van der Waals surface area contributed by atoms with Gasteiger partial charge in [0, 0.05) is 18.8 Å². The summed E-state index contributed by atoms with van der Waals surface area (Å²) in [5.74, 6) is 0.643. The molecule has 1 unspecified atom stereocenters. The van der Waals surface area contributed by atoms with Gasteiger partial charge in [-0.2, -0.15) is 5.26 Å². The van der Waals surface area contributed by atoms with Crippen molar-refractivity contribution in [3.63, 3.8) is 0 Å². The molecule has 1 rings (SSSR count). The minimum Gasteiger partial charge on any atom is -0.383 e. The van der Waals surface area contributed by atoms with E-state index in [1.54, 1.807) is 7.11 Å². The van der Waals surface area contributed by atoms with Crippen LogP contribution in [0.15, 0.2) is 6.07 Å². The number of nitriles is 1. The van der Waals surface area contributed by atoms with Gasteiger partial charge in [-0.25, -0.2) is 4.98 Å². The molecule has 1 aromatic heterocycles. The minimum atomic E-state index is 0.130. The van der Waals surface area contributed by atoms with Crippen LogP contribution in [0, 0.1) is 25.2 Å². The second-order valence-corrected chi connectivity index (χ2v) is 3.92. The van der Waals surface area contributed by atoms with E-state index >= 15 is 0 Å². The highest BCUT2D eigenvalue weighted by Gasteiger charge is 2.10. The zero-order valence-corrected chi connectivity index (χ0v) is 10.2. The second-order valence-electron chi connectivity index (χ2n) is 3.92. The SMILES string of the molecule is COCC(C)Nc1nc(C)cc(C)c1C#N. The van der Waals surface area contributed by atoms with Gasteiger partial charge < -0.3 is 10.1 Å². The third-order valence-corrected chi connectivity index (χ3v) is 2.26. The van der Waals surface area contributed by atoms with E-state index < -0.39 is 0 Å². The molecule has 1 heterocycles. The molecule has 1 N–H and O–H groups in total. The smallest absolute Gasteiger partial charge is 0.144 e. The third kappa shape index (κ3) is 2.94.